The summed E-state index contributed by atoms with van der Waals surface area (Å²) in [6.45, 7) is 3.36. The van der Waals surface area contributed by atoms with Crippen LogP contribution in [0, 0.1) is 5.82 Å². The summed E-state index contributed by atoms with van der Waals surface area (Å²) >= 11 is 0. The summed E-state index contributed by atoms with van der Waals surface area (Å²) in [6, 6.07) is 8.10. The maximum atomic E-state index is 13.9. The van der Waals surface area contributed by atoms with Gasteiger partial charge in [0.05, 0.1) is 24.9 Å². The normalized spacial score (nSPS) is 23.4. The van der Waals surface area contributed by atoms with Crippen LogP contribution in [-0.4, -0.2) is 86.2 Å². The molecule has 2 aromatic heterocycles. The number of likely N-dealkylation sites (tertiary alicyclic amines) is 1. The molecule has 3 aliphatic rings. The van der Waals surface area contributed by atoms with Crippen molar-refractivity contribution in [2.45, 2.75) is 50.5 Å². The number of nitrogens with one attached hydrogen (secondary N) is 1. The van der Waals surface area contributed by atoms with Crippen LogP contribution in [0.1, 0.15) is 34.7 Å². The van der Waals surface area contributed by atoms with Gasteiger partial charge in [-0.2, -0.15) is 5.10 Å². The third-order valence-corrected chi connectivity index (χ3v) is 7.42. The zero-order valence-corrected chi connectivity index (χ0v) is 20.6. The molecule has 2 amide bonds. The number of morpholine rings is 1. The molecule has 6 rings (SSSR count). The number of hydrogen-bond donors (Lipinski definition) is 1. The zero-order chi connectivity index (χ0) is 25.5. The second kappa shape index (κ2) is 9.67. The molecule has 2 saturated heterocycles. The first-order chi connectivity index (χ1) is 17.9. The van der Waals surface area contributed by atoms with E-state index >= 15 is 0 Å². The van der Waals surface area contributed by atoms with Crippen LogP contribution in [0.5, 0.6) is 0 Å². The van der Waals surface area contributed by atoms with E-state index in [-0.39, 0.29) is 24.1 Å². The highest BCUT2D eigenvalue weighted by Crippen LogP contribution is 2.28. The molecule has 0 aliphatic carbocycles. The van der Waals surface area contributed by atoms with Crippen molar-refractivity contribution in [2.75, 3.05) is 31.6 Å². The van der Waals surface area contributed by atoms with E-state index < -0.39 is 11.9 Å². The molecule has 37 heavy (non-hydrogen) atoms. The number of likely N-dealkylation sites (N-methyl/N-ethyl adjacent to an activating group) is 1. The number of carbonyl (C=O) groups is 2. The molecule has 0 radical (unpaired) electrons. The SMILES string of the molecule is CN1C(=O)[C@@H](NC(=O)c2ncn(Cc3ccccc3F)n2)CCn2nc(CCN3CC4CC3CO4)cc21. The van der Waals surface area contributed by atoms with E-state index in [0.717, 1.165) is 44.0 Å². The largest absolute Gasteiger partial charge is 0.375 e. The summed E-state index contributed by atoms with van der Waals surface area (Å²) in [5.41, 5.74) is 1.39. The quantitative estimate of drug-likeness (QED) is 0.504. The molecule has 3 atom stereocenters. The molecule has 11 nitrogen and oxygen atoms in total. The number of benzene rings is 1. The predicted molar refractivity (Wildman–Crippen MR) is 130 cm³/mol. The van der Waals surface area contributed by atoms with Crippen molar-refractivity contribution in [3.63, 3.8) is 0 Å². The van der Waals surface area contributed by atoms with Crippen LogP contribution in [0.2, 0.25) is 0 Å². The molecule has 3 aromatic rings. The van der Waals surface area contributed by atoms with Crippen molar-refractivity contribution in [3.05, 3.63) is 59.6 Å². The Morgan fingerprint density at radius 3 is 2.92 bits per heavy atom. The van der Waals surface area contributed by atoms with Crippen molar-refractivity contribution < 1.29 is 18.7 Å². The van der Waals surface area contributed by atoms with Gasteiger partial charge in [-0.3, -0.25) is 19.4 Å². The zero-order valence-electron chi connectivity index (χ0n) is 20.6. The third kappa shape index (κ3) is 4.74. The predicted octanol–water partition coefficient (Wildman–Crippen LogP) is 0.843. The number of rotatable bonds is 7. The van der Waals surface area contributed by atoms with Gasteiger partial charge in [0.1, 0.15) is 24.0 Å². The summed E-state index contributed by atoms with van der Waals surface area (Å²) in [5.74, 6) is -0.483. The maximum Gasteiger partial charge on any atom is 0.291 e. The molecule has 5 heterocycles. The van der Waals surface area contributed by atoms with E-state index in [1.807, 2.05) is 10.7 Å². The van der Waals surface area contributed by atoms with E-state index in [4.69, 9.17) is 9.84 Å². The van der Waals surface area contributed by atoms with Gasteiger partial charge in [0, 0.05) is 50.8 Å². The lowest BCUT2D eigenvalue weighted by atomic mass is 10.2. The third-order valence-electron chi connectivity index (χ3n) is 7.42. The fourth-order valence-corrected chi connectivity index (χ4v) is 5.38. The number of fused-ring (bicyclic) bond motifs is 3. The summed E-state index contributed by atoms with van der Waals surface area (Å²) in [4.78, 5) is 34.0. The van der Waals surface area contributed by atoms with Gasteiger partial charge >= 0.3 is 0 Å². The van der Waals surface area contributed by atoms with Crippen molar-refractivity contribution in [3.8, 4) is 0 Å². The number of ether oxygens (including phenoxy) is 1. The minimum Gasteiger partial charge on any atom is -0.375 e. The van der Waals surface area contributed by atoms with Crippen molar-refractivity contribution in [1.82, 2.24) is 34.8 Å². The summed E-state index contributed by atoms with van der Waals surface area (Å²) in [5, 5.41) is 11.7. The second-order valence-electron chi connectivity index (χ2n) is 9.88. The van der Waals surface area contributed by atoms with Gasteiger partial charge in [-0.25, -0.2) is 18.7 Å². The Hall–Kier alpha value is -3.64. The van der Waals surface area contributed by atoms with Gasteiger partial charge in [-0.1, -0.05) is 18.2 Å². The standard InChI is InChI=1S/C25H29FN8O3/c1-31-22-10-17(6-8-32-13-19-11-18(32)14-37-19)29-34(22)9-7-21(25(31)36)28-24(35)23-27-15-33(30-23)12-16-4-2-3-5-20(16)26/h2-5,10,15,18-19,21H,6-9,11-14H2,1H3,(H,28,35)/t18?,19?,21-/m0/s1. The lowest BCUT2D eigenvalue weighted by Gasteiger charge is -2.26. The van der Waals surface area contributed by atoms with Crippen LogP contribution in [0.15, 0.2) is 36.7 Å². The van der Waals surface area contributed by atoms with Crippen LogP contribution in [0.4, 0.5) is 10.2 Å². The van der Waals surface area contributed by atoms with Crippen molar-refractivity contribution in [2.24, 2.45) is 0 Å². The fourth-order valence-electron chi connectivity index (χ4n) is 5.38. The van der Waals surface area contributed by atoms with E-state index in [0.29, 0.717) is 30.7 Å². The van der Waals surface area contributed by atoms with E-state index in [2.05, 4.69) is 20.3 Å². The van der Waals surface area contributed by atoms with Gasteiger partial charge in [0.25, 0.3) is 11.8 Å². The lowest BCUT2D eigenvalue weighted by Crippen LogP contribution is -2.47. The number of halogens is 1. The minimum absolute atomic E-state index is 0.0722. The molecule has 3 aliphatic heterocycles. The first-order valence-electron chi connectivity index (χ1n) is 12.6. The average molecular weight is 509 g/mol. The maximum absolute atomic E-state index is 13.9. The van der Waals surface area contributed by atoms with Crippen LogP contribution >= 0.6 is 0 Å². The number of anilines is 1. The first-order valence-corrected chi connectivity index (χ1v) is 12.6. The Labute approximate surface area is 213 Å². The number of carbonyl (C=O) groups excluding carboxylic acids is 2. The van der Waals surface area contributed by atoms with Crippen LogP contribution < -0.4 is 10.2 Å². The van der Waals surface area contributed by atoms with E-state index in [1.54, 1.807) is 30.1 Å². The number of amides is 2. The van der Waals surface area contributed by atoms with Crippen molar-refractivity contribution >= 4 is 17.6 Å². The molecule has 2 bridgehead atoms. The molecule has 2 unspecified atom stereocenters. The highest BCUT2D eigenvalue weighted by atomic mass is 19.1. The molecular formula is C25H29FN8O3. The number of aryl methyl sites for hydroxylation is 1. The summed E-state index contributed by atoms with van der Waals surface area (Å²) < 4.78 is 22.8. The first kappa shape index (κ1) is 23.7. The molecule has 194 valence electrons. The van der Waals surface area contributed by atoms with Crippen LogP contribution in [0.25, 0.3) is 0 Å². The monoisotopic (exact) mass is 508 g/mol. The number of aromatic nitrogens is 5. The average Bonchev–Trinajstić information content (AvgIpc) is 3.69. The van der Waals surface area contributed by atoms with Gasteiger partial charge in [0.2, 0.25) is 5.82 Å². The molecule has 1 N–H and O–H groups in total. The van der Waals surface area contributed by atoms with Gasteiger partial charge in [-0.05, 0) is 18.9 Å². The van der Waals surface area contributed by atoms with E-state index in [9.17, 15) is 14.0 Å². The number of hydrogen-bond acceptors (Lipinski definition) is 7. The molecule has 2 fully saturated rings. The molecule has 1 aromatic carbocycles. The Bertz CT molecular complexity index is 1320. The molecule has 0 saturated carbocycles. The minimum atomic E-state index is -0.735. The Kier molecular flexibility index (Phi) is 6.21. The van der Waals surface area contributed by atoms with E-state index in [1.165, 1.54) is 17.1 Å². The topological polar surface area (TPSA) is 110 Å². The molecule has 12 heteroatoms. The molecule has 0 spiro atoms. The summed E-state index contributed by atoms with van der Waals surface area (Å²) in [7, 11) is 1.70. The van der Waals surface area contributed by atoms with Crippen LogP contribution in [-0.2, 0) is 29.0 Å². The Balaban J connectivity index is 1.07. The molecular weight excluding hydrogens is 479 g/mol. The van der Waals surface area contributed by atoms with Gasteiger partial charge in [-0.15, -0.1) is 5.10 Å². The van der Waals surface area contributed by atoms with Crippen molar-refractivity contribution in [1.29, 1.82) is 0 Å². The highest BCUT2D eigenvalue weighted by Gasteiger charge is 2.38. The Morgan fingerprint density at radius 1 is 1.27 bits per heavy atom. The number of nitrogens with zero attached hydrogens (tertiary/aromatic N) is 7. The van der Waals surface area contributed by atoms with Gasteiger partial charge < -0.3 is 10.1 Å². The lowest BCUT2D eigenvalue weighted by molar-refractivity contribution is -0.120. The summed E-state index contributed by atoms with van der Waals surface area (Å²) in [6.07, 6.45) is 4.07. The Morgan fingerprint density at radius 2 is 2.14 bits per heavy atom. The second-order valence-corrected chi connectivity index (χ2v) is 9.88. The smallest absolute Gasteiger partial charge is 0.291 e. The fraction of sp³-hybridized carbons (Fsp3) is 0.480. The van der Waals surface area contributed by atoms with Gasteiger partial charge in [0.15, 0.2) is 0 Å². The highest BCUT2D eigenvalue weighted by molar-refractivity contribution is 6.00. The van der Waals surface area contributed by atoms with Crippen LogP contribution in [0.3, 0.4) is 0 Å².